The highest BCUT2D eigenvalue weighted by Crippen LogP contribution is 2.26. The maximum Gasteiger partial charge on any atom is -0.00457 e. The molecule has 0 heterocycles. The van der Waals surface area contributed by atoms with Gasteiger partial charge >= 0.3 is 0 Å². The second-order valence-corrected chi connectivity index (χ2v) is 3.64. The van der Waals surface area contributed by atoms with E-state index in [0.29, 0.717) is 11.8 Å². The summed E-state index contributed by atoms with van der Waals surface area (Å²) in [4.78, 5) is 0. The highest BCUT2D eigenvalue weighted by molar-refractivity contribution is 5.20. The molecule has 1 heteroatoms. The molecule has 2 N–H and O–H groups in total. The quantitative estimate of drug-likeness (QED) is 0.752. The van der Waals surface area contributed by atoms with Crippen molar-refractivity contribution in [3.8, 4) is 0 Å². The van der Waals surface area contributed by atoms with E-state index in [1.807, 2.05) is 0 Å². The zero-order valence-electron chi connectivity index (χ0n) is 8.53. The minimum absolute atomic E-state index is 0.576. The summed E-state index contributed by atoms with van der Waals surface area (Å²) < 4.78 is 0. The normalized spacial score (nSPS) is 15.3. The molecule has 1 aromatic rings. The highest BCUT2D eigenvalue weighted by atomic mass is 14.5. The number of rotatable bonds is 4. The van der Waals surface area contributed by atoms with Crippen molar-refractivity contribution in [3.05, 3.63) is 35.9 Å². The Kier molecular flexibility index (Phi) is 3.97. The molecule has 1 rings (SSSR count). The molecular weight excluding hydrogens is 158 g/mol. The number of hydrogen-bond donors (Lipinski definition) is 1. The lowest BCUT2D eigenvalue weighted by molar-refractivity contribution is 0.457. The summed E-state index contributed by atoms with van der Waals surface area (Å²) in [6.07, 6.45) is 1.17. The van der Waals surface area contributed by atoms with E-state index in [2.05, 4.69) is 44.2 Å². The molecule has 1 nitrogen and oxygen atoms in total. The first-order chi connectivity index (χ1) is 6.29. The fraction of sp³-hybridized carbons (Fsp3) is 0.500. The SMILES string of the molecule is CCC(c1ccccc1)[C@@H](C)CN. The van der Waals surface area contributed by atoms with Crippen LogP contribution >= 0.6 is 0 Å². The average molecular weight is 177 g/mol. The molecule has 0 saturated heterocycles. The Morgan fingerprint density at radius 2 is 1.85 bits per heavy atom. The van der Waals surface area contributed by atoms with Crippen LogP contribution in [0.4, 0.5) is 0 Å². The van der Waals surface area contributed by atoms with Crippen molar-refractivity contribution < 1.29 is 0 Å². The van der Waals surface area contributed by atoms with Gasteiger partial charge in [-0.2, -0.15) is 0 Å². The predicted molar refractivity (Wildman–Crippen MR) is 57.7 cm³/mol. The molecule has 0 aliphatic rings. The second-order valence-electron chi connectivity index (χ2n) is 3.64. The summed E-state index contributed by atoms with van der Waals surface area (Å²) in [6, 6.07) is 10.6. The fourth-order valence-electron chi connectivity index (χ4n) is 1.83. The molecule has 1 aromatic carbocycles. The predicted octanol–water partition coefficient (Wildman–Crippen LogP) is 2.78. The van der Waals surface area contributed by atoms with Crippen LogP contribution in [-0.2, 0) is 0 Å². The van der Waals surface area contributed by atoms with Crippen molar-refractivity contribution in [2.75, 3.05) is 6.54 Å². The highest BCUT2D eigenvalue weighted by Gasteiger charge is 2.15. The second kappa shape index (κ2) is 5.03. The van der Waals surface area contributed by atoms with E-state index < -0.39 is 0 Å². The van der Waals surface area contributed by atoms with Crippen LogP contribution in [0.2, 0.25) is 0 Å². The monoisotopic (exact) mass is 177 g/mol. The standard InChI is InChI=1S/C12H19N/c1-3-12(10(2)9-13)11-7-5-4-6-8-11/h4-8,10,12H,3,9,13H2,1-2H3/t10-,12?/m0/s1. The van der Waals surface area contributed by atoms with Crippen LogP contribution in [0.25, 0.3) is 0 Å². The summed E-state index contributed by atoms with van der Waals surface area (Å²) in [5.41, 5.74) is 7.11. The summed E-state index contributed by atoms with van der Waals surface area (Å²) >= 11 is 0. The minimum atomic E-state index is 0.576. The van der Waals surface area contributed by atoms with Crippen LogP contribution in [0.15, 0.2) is 30.3 Å². The first kappa shape index (κ1) is 10.3. The van der Waals surface area contributed by atoms with Crippen LogP contribution in [0.1, 0.15) is 31.7 Å². The maximum absolute atomic E-state index is 5.69. The van der Waals surface area contributed by atoms with Crippen molar-refractivity contribution in [2.45, 2.75) is 26.2 Å². The van der Waals surface area contributed by atoms with E-state index in [4.69, 9.17) is 5.73 Å². The Morgan fingerprint density at radius 3 is 2.31 bits per heavy atom. The molecular formula is C12H19N. The van der Waals surface area contributed by atoms with Gasteiger partial charge in [0.1, 0.15) is 0 Å². The van der Waals surface area contributed by atoms with Gasteiger partial charge in [-0.15, -0.1) is 0 Å². The Morgan fingerprint density at radius 1 is 1.23 bits per heavy atom. The molecule has 2 atom stereocenters. The lowest BCUT2D eigenvalue weighted by Crippen LogP contribution is -2.18. The molecule has 0 bridgehead atoms. The van der Waals surface area contributed by atoms with Crippen LogP contribution < -0.4 is 5.73 Å². The van der Waals surface area contributed by atoms with E-state index in [9.17, 15) is 0 Å². The molecule has 0 aliphatic carbocycles. The molecule has 0 fully saturated rings. The molecule has 0 aliphatic heterocycles. The first-order valence-electron chi connectivity index (χ1n) is 5.04. The first-order valence-corrected chi connectivity index (χ1v) is 5.04. The van der Waals surface area contributed by atoms with Crippen molar-refractivity contribution in [2.24, 2.45) is 11.7 Å². The molecule has 0 radical (unpaired) electrons. The van der Waals surface area contributed by atoms with Gasteiger partial charge in [-0.3, -0.25) is 0 Å². The molecule has 72 valence electrons. The Bertz CT molecular complexity index is 230. The number of benzene rings is 1. The van der Waals surface area contributed by atoms with E-state index in [1.165, 1.54) is 12.0 Å². The van der Waals surface area contributed by atoms with Gasteiger partial charge in [0.2, 0.25) is 0 Å². The molecule has 0 aromatic heterocycles. The van der Waals surface area contributed by atoms with Crippen molar-refractivity contribution in [1.82, 2.24) is 0 Å². The van der Waals surface area contributed by atoms with Crippen molar-refractivity contribution >= 4 is 0 Å². The Balaban J connectivity index is 2.78. The van der Waals surface area contributed by atoms with Gasteiger partial charge in [0, 0.05) is 0 Å². The van der Waals surface area contributed by atoms with Gasteiger partial charge in [0.15, 0.2) is 0 Å². The molecule has 1 unspecified atom stereocenters. The molecule has 13 heavy (non-hydrogen) atoms. The van der Waals surface area contributed by atoms with E-state index in [0.717, 1.165) is 6.54 Å². The third-order valence-electron chi connectivity index (χ3n) is 2.73. The van der Waals surface area contributed by atoms with Gasteiger partial charge in [0.05, 0.1) is 0 Å². The lowest BCUT2D eigenvalue weighted by atomic mass is 9.85. The van der Waals surface area contributed by atoms with E-state index in [-0.39, 0.29) is 0 Å². The fourth-order valence-corrected chi connectivity index (χ4v) is 1.83. The summed E-state index contributed by atoms with van der Waals surface area (Å²) in [5, 5.41) is 0. The summed E-state index contributed by atoms with van der Waals surface area (Å²) in [6.45, 7) is 5.22. The number of hydrogen-bond acceptors (Lipinski definition) is 1. The van der Waals surface area contributed by atoms with Gasteiger partial charge in [-0.05, 0) is 30.4 Å². The van der Waals surface area contributed by atoms with Crippen LogP contribution in [-0.4, -0.2) is 6.54 Å². The largest absolute Gasteiger partial charge is 0.330 e. The molecule has 0 amide bonds. The minimum Gasteiger partial charge on any atom is -0.330 e. The van der Waals surface area contributed by atoms with Crippen molar-refractivity contribution in [3.63, 3.8) is 0 Å². The zero-order valence-corrected chi connectivity index (χ0v) is 8.53. The molecule has 0 saturated carbocycles. The van der Waals surface area contributed by atoms with E-state index in [1.54, 1.807) is 0 Å². The smallest absolute Gasteiger partial charge is 0.00457 e. The zero-order chi connectivity index (χ0) is 9.68. The summed E-state index contributed by atoms with van der Waals surface area (Å²) in [7, 11) is 0. The van der Waals surface area contributed by atoms with Gasteiger partial charge in [-0.25, -0.2) is 0 Å². The lowest BCUT2D eigenvalue weighted by Gasteiger charge is -2.21. The van der Waals surface area contributed by atoms with Crippen LogP contribution in [0.3, 0.4) is 0 Å². The number of nitrogens with two attached hydrogens (primary N) is 1. The average Bonchev–Trinajstić information content (AvgIpc) is 2.20. The topological polar surface area (TPSA) is 26.0 Å². The molecule has 0 spiro atoms. The van der Waals surface area contributed by atoms with Crippen molar-refractivity contribution in [1.29, 1.82) is 0 Å². The van der Waals surface area contributed by atoms with Crippen LogP contribution in [0, 0.1) is 5.92 Å². The van der Waals surface area contributed by atoms with Gasteiger partial charge in [-0.1, -0.05) is 44.2 Å². The third kappa shape index (κ3) is 2.56. The van der Waals surface area contributed by atoms with Gasteiger partial charge < -0.3 is 5.73 Å². The Labute approximate surface area is 81.0 Å². The maximum atomic E-state index is 5.69. The summed E-state index contributed by atoms with van der Waals surface area (Å²) in [5.74, 6) is 1.19. The van der Waals surface area contributed by atoms with Gasteiger partial charge in [0.25, 0.3) is 0 Å². The Hall–Kier alpha value is -0.820. The van der Waals surface area contributed by atoms with E-state index >= 15 is 0 Å². The van der Waals surface area contributed by atoms with Crippen LogP contribution in [0.5, 0.6) is 0 Å². The third-order valence-corrected chi connectivity index (χ3v) is 2.73.